The van der Waals surface area contributed by atoms with Gasteiger partial charge in [0.15, 0.2) is 11.7 Å². The van der Waals surface area contributed by atoms with Gasteiger partial charge in [-0.05, 0) is 88.4 Å². The van der Waals surface area contributed by atoms with Gasteiger partial charge in [0.2, 0.25) is 0 Å². The zero-order chi connectivity index (χ0) is 25.9. The number of aliphatic imine (C=N–C) groups is 1. The summed E-state index contributed by atoms with van der Waals surface area (Å²) in [6, 6.07) is 8.94. The molecule has 5 heterocycles. The summed E-state index contributed by atoms with van der Waals surface area (Å²) in [6.07, 6.45) is 10.5. The number of nitrogens with one attached hydrogen (secondary N) is 1. The highest BCUT2D eigenvalue weighted by molar-refractivity contribution is 7.15. The number of hydrogen-bond donors (Lipinski definition) is 1. The van der Waals surface area contributed by atoms with Crippen LogP contribution in [0, 0.1) is 32.1 Å². The number of aromatic nitrogens is 4. The van der Waals surface area contributed by atoms with E-state index in [1.807, 2.05) is 6.92 Å². The molecule has 7 nitrogen and oxygen atoms in total. The number of fused-ring (bicyclic) bond motifs is 3. The highest BCUT2D eigenvalue weighted by atomic mass is 32.1. The van der Waals surface area contributed by atoms with Crippen molar-refractivity contribution in [2.24, 2.45) is 16.3 Å². The normalized spacial score (nSPS) is 20.5. The molecule has 2 aliphatic heterocycles. The summed E-state index contributed by atoms with van der Waals surface area (Å²) in [7, 11) is 0. The van der Waals surface area contributed by atoms with E-state index in [0.29, 0.717) is 17.7 Å². The van der Waals surface area contributed by atoms with E-state index in [9.17, 15) is 0 Å². The Morgan fingerprint density at radius 2 is 1.84 bits per heavy atom. The smallest absolute Gasteiger partial charge is 0.196 e. The molecule has 0 amide bonds. The van der Waals surface area contributed by atoms with E-state index in [4.69, 9.17) is 9.41 Å². The molecule has 0 bridgehead atoms. The minimum absolute atomic E-state index is 0.236. The van der Waals surface area contributed by atoms with Crippen molar-refractivity contribution in [3.05, 3.63) is 81.4 Å². The van der Waals surface area contributed by atoms with E-state index in [0.717, 1.165) is 33.8 Å². The molecule has 0 radical (unpaired) electrons. The van der Waals surface area contributed by atoms with E-state index < -0.39 is 0 Å². The molecule has 1 aliphatic carbocycles. The van der Waals surface area contributed by atoms with Crippen molar-refractivity contribution in [3.63, 3.8) is 0 Å². The van der Waals surface area contributed by atoms with Gasteiger partial charge < -0.3 is 9.73 Å². The van der Waals surface area contributed by atoms with E-state index in [1.165, 1.54) is 66.8 Å². The zero-order valence-corrected chi connectivity index (χ0v) is 23.1. The molecule has 1 saturated carbocycles. The Bertz CT molecular complexity index is 1480. The Kier molecular flexibility index (Phi) is 5.85. The van der Waals surface area contributed by atoms with Crippen molar-refractivity contribution in [1.82, 2.24) is 25.1 Å². The summed E-state index contributed by atoms with van der Waals surface area (Å²) >= 11 is 1.79. The average Bonchev–Trinajstić information content (AvgIpc) is 3.60. The number of thiophene rings is 1. The second-order valence-electron chi connectivity index (χ2n) is 11.5. The van der Waals surface area contributed by atoms with Crippen LogP contribution in [-0.2, 0) is 12.8 Å². The number of hydrogen-bond acceptors (Lipinski definition) is 7. The molecule has 3 aliphatic rings. The van der Waals surface area contributed by atoms with Crippen molar-refractivity contribution in [3.8, 4) is 5.00 Å². The lowest BCUT2D eigenvalue weighted by Crippen LogP contribution is -2.45. The highest BCUT2D eigenvalue weighted by Gasteiger charge is 2.44. The number of oxazole rings is 1. The van der Waals surface area contributed by atoms with E-state index in [-0.39, 0.29) is 6.04 Å². The van der Waals surface area contributed by atoms with Crippen LogP contribution in [0.2, 0.25) is 0 Å². The Hall–Kier alpha value is -3.10. The van der Waals surface area contributed by atoms with E-state index in [2.05, 4.69) is 63.2 Å². The second-order valence-corrected chi connectivity index (χ2v) is 12.7. The molecule has 8 heteroatoms. The van der Waals surface area contributed by atoms with Gasteiger partial charge in [0.1, 0.15) is 23.1 Å². The van der Waals surface area contributed by atoms with Crippen molar-refractivity contribution >= 4 is 17.0 Å². The lowest BCUT2D eigenvalue weighted by molar-refractivity contribution is 0.0221. The van der Waals surface area contributed by atoms with Gasteiger partial charge in [-0.2, -0.15) is 0 Å². The molecular weight excluding hydrogens is 492 g/mol. The summed E-state index contributed by atoms with van der Waals surface area (Å²) < 4.78 is 7.80. The predicted octanol–water partition coefficient (Wildman–Crippen LogP) is 5.70. The quantitative estimate of drug-likeness (QED) is 0.361. The van der Waals surface area contributed by atoms with Gasteiger partial charge in [-0.25, -0.2) is 4.98 Å². The Labute approximate surface area is 227 Å². The molecular formula is C30H34N6OS. The fourth-order valence-electron chi connectivity index (χ4n) is 6.85. The van der Waals surface area contributed by atoms with Crippen LogP contribution in [0.5, 0.6) is 0 Å². The minimum Gasteiger partial charge on any atom is -0.449 e. The van der Waals surface area contributed by atoms with Crippen molar-refractivity contribution in [2.75, 3.05) is 13.1 Å². The molecule has 1 atom stereocenters. The Morgan fingerprint density at radius 3 is 2.58 bits per heavy atom. The summed E-state index contributed by atoms with van der Waals surface area (Å²) in [6.45, 7) is 8.79. The molecule has 3 aromatic heterocycles. The predicted molar refractivity (Wildman–Crippen MR) is 149 cm³/mol. The van der Waals surface area contributed by atoms with Crippen LogP contribution in [0.1, 0.15) is 76.4 Å². The molecule has 1 aromatic carbocycles. The maximum atomic E-state index is 5.61. The van der Waals surface area contributed by atoms with Crippen LogP contribution in [0.4, 0.5) is 0 Å². The topological polar surface area (TPSA) is 81.1 Å². The Balaban J connectivity index is 1.22. The number of rotatable bonds is 5. The minimum atomic E-state index is -0.236. The first kappa shape index (κ1) is 24.0. The summed E-state index contributed by atoms with van der Waals surface area (Å²) in [4.78, 5) is 11.0. The molecule has 4 aromatic rings. The number of nitrogens with zero attached hydrogens (tertiary/aromatic N) is 5. The summed E-state index contributed by atoms with van der Waals surface area (Å²) in [5, 5.41) is 13.7. The van der Waals surface area contributed by atoms with Gasteiger partial charge in [0.25, 0.3) is 0 Å². The van der Waals surface area contributed by atoms with Crippen molar-refractivity contribution in [2.45, 2.75) is 65.3 Å². The van der Waals surface area contributed by atoms with Crippen molar-refractivity contribution in [1.29, 1.82) is 0 Å². The van der Waals surface area contributed by atoms with Crippen molar-refractivity contribution < 1.29 is 4.42 Å². The SMILES string of the molecule is Cc1sc2c(c1C)C(c1ccc(CC3CC4(CCNCC4)C3)cc1)=N[C@@H](Cc1ncco1)c1nnc(C)n1-2. The average molecular weight is 527 g/mol. The van der Waals surface area contributed by atoms with Gasteiger partial charge in [-0.3, -0.25) is 9.56 Å². The lowest BCUT2D eigenvalue weighted by atomic mass is 9.56. The number of benzene rings is 1. The molecule has 2 fully saturated rings. The first-order valence-corrected chi connectivity index (χ1v) is 14.6. The van der Waals surface area contributed by atoms with Crippen LogP contribution < -0.4 is 5.32 Å². The summed E-state index contributed by atoms with van der Waals surface area (Å²) in [5.41, 5.74) is 6.68. The maximum absolute atomic E-state index is 5.61. The van der Waals surface area contributed by atoms with Crippen LogP contribution >= 0.6 is 11.3 Å². The molecule has 0 unspecified atom stereocenters. The summed E-state index contributed by atoms with van der Waals surface area (Å²) in [5.74, 6) is 3.19. The monoisotopic (exact) mass is 526 g/mol. The fraction of sp³-hybridized carbons (Fsp3) is 0.467. The van der Waals surface area contributed by atoms with Gasteiger partial charge >= 0.3 is 0 Å². The van der Waals surface area contributed by atoms with Crippen LogP contribution in [-0.4, -0.2) is 38.5 Å². The molecule has 7 rings (SSSR count). The molecule has 196 valence electrons. The van der Waals surface area contributed by atoms with Gasteiger partial charge in [-0.1, -0.05) is 24.3 Å². The van der Waals surface area contributed by atoms with Gasteiger partial charge in [0, 0.05) is 16.0 Å². The molecule has 1 spiro atoms. The third kappa shape index (κ3) is 4.05. The molecule has 38 heavy (non-hydrogen) atoms. The maximum Gasteiger partial charge on any atom is 0.196 e. The van der Waals surface area contributed by atoms with E-state index in [1.54, 1.807) is 23.8 Å². The third-order valence-corrected chi connectivity index (χ3v) is 10.1. The Morgan fingerprint density at radius 1 is 1.05 bits per heavy atom. The lowest BCUT2D eigenvalue weighted by Gasteiger charge is -2.50. The first-order chi connectivity index (χ1) is 18.5. The molecule has 1 N–H and O–H groups in total. The first-order valence-electron chi connectivity index (χ1n) is 13.8. The van der Waals surface area contributed by atoms with Crippen LogP contribution in [0.15, 0.2) is 46.1 Å². The number of piperidine rings is 1. The van der Waals surface area contributed by atoms with E-state index >= 15 is 0 Å². The standard InChI is InChI=1S/C30H34N6OS/c1-18-19(2)38-29-26(18)27(33-24(15-25-32-12-13-37-25)28-35-34-20(3)36(28)29)23-6-4-21(5-7-23)14-22-16-30(17-22)8-10-31-11-9-30/h4-7,12-13,22,24,31H,8-11,14-17H2,1-3H3/t24-/m0/s1. The van der Waals surface area contributed by atoms with Crippen LogP contribution in [0.25, 0.3) is 5.00 Å². The fourth-order valence-corrected chi connectivity index (χ4v) is 8.06. The zero-order valence-electron chi connectivity index (χ0n) is 22.3. The van der Waals surface area contributed by atoms with Gasteiger partial charge in [-0.15, -0.1) is 21.5 Å². The second kappa shape index (κ2) is 9.27. The number of aryl methyl sites for hydroxylation is 2. The van der Waals surface area contributed by atoms with Crippen LogP contribution in [0.3, 0.4) is 0 Å². The third-order valence-electron chi connectivity index (χ3n) is 8.95. The van der Waals surface area contributed by atoms with Gasteiger partial charge in [0.05, 0.1) is 18.3 Å². The molecule has 1 saturated heterocycles. The highest BCUT2D eigenvalue weighted by Crippen LogP contribution is 2.52. The largest absolute Gasteiger partial charge is 0.449 e.